The normalized spacial score (nSPS) is 10.7. The number of hydrogen-bond acceptors (Lipinski definition) is 7. The topological polar surface area (TPSA) is 112 Å². The van der Waals surface area contributed by atoms with Crippen LogP contribution in [0.1, 0.15) is 5.56 Å². The van der Waals surface area contributed by atoms with E-state index in [0.717, 1.165) is 0 Å². The van der Waals surface area contributed by atoms with Crippen molar-refractivity contribution < 1.29 is 19.4 Å². The van der Waals surface area contributed by atoms with Crippen molar-refractivity contribution in [3.05, 3.63) is 52.1 Å². The van der Waals surface area contributed by atoms with Crippen molar-refractivity contribution >= 4 is 16.7 Å². The number of fused-ring (bicyclic) bond motifs is 1. The average Bonchev–Trinajstić information content (AvgIpc) is 2.97. The molecule has 8 nitrogen and oxygen atoms in total. The van der Waals surface area contributed by atoms with Gasteiger partial charge in [0, 0.05) is 6.07 Å². The van der Waals surface area contributed by atoms with E-state index in [4.69, 9.17) is 9.84 Å². The first-order valence-electron chi connectivity index (χ1n) is 5.96. The lowest BCUT2D eigenvalue weighted by molar-refractivity contribution is -0.383. The van der Waals surface area contributed by atoms with Crippen LogP contribution < -0.4 is 4.74 Å². The van der Waals surface area contributed by atoms with E-state index in [1.807, 2.05) is 0 Å². The Morgan fingerprint density at radius 3 is 2.81 bits per heavy atom. The molecule has 21 heavy (non-hydrogen) atoms. The Bertz CT molecular complexity index is 814. The van der Waals surface area contributed by atoms with Crippen LogP contribution >= 0.6 is 0 Å². The molecule has 0 saturated carbocycles. The van der Waals surface area contributed by atoms with E-state index in [1.54, 1.807) is 24.3 Å². The number of aliphatic hydroxyl groups is 1. The van der Waals surface area contributed by atoms with Gasteiger partial charge in [0.05, 0.1) is 11.5 Å². The van der Waals surface area contributed by atoms with Gasteiger partial charge in [0.15, 0.2) is 11.3 Å². The molecule has 0 bridgehead atoms. The second kappa shape index (κ2) is 5.17. The first kappa shape index (κ1) is 13.0. The van der Waals surface area contributed by atoms with Crippen molar-refractivity contribution in [3.63, 3.8) is 0 Å². The molecule has 0 atom stereocenters. The maximum atomic E-state index is 10.9. The molecule has 1 N–H and O–H groups in total. The van der Waals surface area contributed by atoms with Crippen LogP contribution in [0.4, 0.5) is 5.69 Å². The van der Waals surface area contributed by atoms with Gasteiger partial charge in [0.2, 0.25) is 5.52 Å². The summed E-state index contributed by atoms with van der Waals surface area (Å²) >= 11 is 0. The first-order valence-corrected chi connectivity index (χ1v) is 5.96. The van der Waals surface area contributed by atoms with Crippen LogP contribution in [-0.4, -0.2) is 20.3 Å². The third-order valence-electron chi connectivity index (χ3n) is 2.86. The summed E-state index contributed by atoms with van der Waals surface area (Å²) in [6.07, 6.45) is 0. The third kappa shape index (κ3) is 2.39. The van der Waals surface area contributed by atoms with E-state index in [0.29, 0.717) is 11.3 Å². The number of hydrogen-bond donors (Lipinski definition) is 1. The third-order valence-corrected chi connectivity index (χ3v) is 2.86. The highest BCUT2D eigenvalue weighted by Gasteiger charge is 2.20. The summed E-state index contributed by atoms with van der Waals surface area (Å²) in [6, 6.07) is 9.52. The summed E-state index contributed by atoms with van der Waals surface area (Å²) in [4.78, 5) is 10.3. The van der Waals surface area contributed by atoms with Gasteiger partial charge in [-0.05, 0) is 34.1 Å². The van der Waals surface area contributed by atoms with Gasteiger partial charge in [-0.3, -0.25) is 10.1 Å². The molecule has 0 amide bonds. The SMILES string of the molecule is O=[N+]([O-])c1ccc(Oc2cccc(CO)c2)c2nonc12. The summed E-state index contributed by atoms with van der Waals surface area (Å²) in [5.41, 5.74) is 0.668. The summed E-state index contributed by atoms with van der Waals surface area (Å²) in [5, 5.41) is 27.2. The molecule has 8 heteroatoms. The zero-order valence-electron chi connectivity index (χ0n) is 10.6. The molecule has 1 heterocycles. The number of ether oxygens (including phenoxy) is 1. The predicted octanol–water partition coefficient (Wildman–Crippen LogP) is 2.42. The number of benzene rings is 2. The monoisotopic (exact) mass is 287 g/mol. The highest BCUT2D eigenvalue weighted by Crippen LogP contribution is 2.33. The lowest BCUT2D eigenvalue weighted by Gasteiger charge is -2.06. The summed E-state index contributed by atoms with van der Waals surface area (Å²) in [7, 11) is 0. The van der Waals surface area contributed by atoms with Crippen molar-refractivity contribution in [2.24, 2.45) is 0 Å². The maximum Gasteiger partial charge on any atom is 0.301 e. The number of non-ortho nitro benzene ring substituents is 1. The van der Waals surface area contributed by atoms with Crippen LogP contribution in [0.3, 0.4) is 0 Å². The van der Waals surface area contributed by atoms with Crippen LogP contribution in [0, 0.1) is 10.1 Å². The van der Waals surface area contributed by atoms with Crippen molar-refractivity contribution in [2.45, 2.75) is 6.61 Å². The van der Waals surface area contributed by atoms with E-state index in [-0.39, 0.29) is 29.1 Å². The van der Waals surface area contributed by atoms with E-state index in [1.165, 1.54) is 12.1 Å². The average molecular weight is 287 g/mol. The lowest BCUT2D eigenvalue weighted by atomic mass is 10.2. The Morgan fingerprint density at radius 2 is 2.05 bits per heavy atom. The van der Waals surface area contributed by atoms with Crippen molar-refractivity contribution in [1.82, 2.24) is 10.3 Å². The molecule has 0 unspecified atom stereocenters. The molecule has 1 aromatic heterocycles. The van der Waals surface area contributed by atoms with Gasteiger partial charge in [-0.1, -0.05) is 12.1 Å². The molecule has 106 valence electrons. The minimum absolute atomic E-state index is 0.0239. The molecule has 0 aliphatic heterocycles. The Kier molecular flexibility index (Phi) is 3.20. The van der Waals surface area contributed by atoms with Gasteiger partial charge >= 0.3 is 5.69 Å². The highest BCUT2D eigenvalue weighted by molar-refractivity contribution is 5.88. The van der Waals surface area contributed by atoms with E-state index in [2.05, 4.69) is 14.9 Å². The number of aromatic nitrogens is 2. The molecule has 0 saturated heterocycles. The molecule has 0 radical (unpaired) electrons. The zero-order chi connectivity index (χ0) is 14.8. The molecule has 0 aliphatic carbocycles. The summed E-state index contributed by atoms with van der Waals surface area (Å²) < 4.78 is 10.2. The van der Waals surface area contributed by atoms with Crippen LogP contribution in [0.25, 0.3) is 11.0 Å². The molecule has 0 fully saturated rings. The van der Waals surface area contributed by atoms with Crippen LogP contribution in [0.15, 0.2) is 41.0 Å². The highest BCUT2D eigenvalue weighted by atomic mass is 16.6. The smallest absolute Gasteiger partial charge is 0.301 e. The standard InChI is InChI=1S/C13H9N3O5/c17-7-8-2-1-3-9(6-8)20-11-5-4-10(16(18)19)12-13(11)15-21-14-12/h1-6,17H,7H2. The number of nitro benzene ring substituents is 1. The lowest BCUT2D eigenvalue weighted by Crippen LogP contribution is -1.92. The fourth-order valence-electron chi connectivity index (χ4n) is 1.89. The first-order chi connectivity index (χ1) is 10.2. The van der Waals surface area contributed by atoms with E-state index >= 15 is 0 Å². The molecular formula is C13H9N3O5. The molecular weight excluding hydrogens is 278 g/mol. The largest absolute Gasteiger partial charge is 0.455 e. The summed E-state index contributed by atoms with van der Waals surface area (Å²) in [6.45, 7) is -0.113. The fraction of sp³-hybridized carbons (Fsp3) is 0.0769. The minimum Gasteiger partial charge on any atom is -0.455 e. The zero-order valence-corrected chi connectivity index (χ0v) is 10.6. The molecule has 3 rings (SSSR count). The van der Waals surface area contributed by atoms with Gasteiger partial charge in [-0.2, -0.15) is 0 Å². The Hall–Kier alpha value is -3.00. The number of rotatable bonds is 4. The molecule has 3 aromatic rings. The molecule has 0 spiro atoms. The fourth-order valence-corrected chi connectivity index (χ4v) is 1.89. The van der Waals surface area contributed by atoms with E-state index < -0.39 is 4.92 Å². The van der Waals surface area contributed by atoms with Crippen molar-refractivity contribution in [3.8, 4) is 11.5 Å². The Balaban J connectivity index is 2.03. The Morgan fingerprint density at radius 1 is 1.24 bits per heavy atom. The van der Waals surface area contributed by atoms with Crippen LogP contribution in [-0.2, 0) is 6.61 Å². The van der Waals surface area contributed by atoms with E-state index in [9.17, 15) is 10.1 Å². The maximum absolute atomic E-state index is 10.9. The predicted molar refractivity (Wildman–Crippen MR) is 70.9 cm³/mol. The van der Waals surface area contributed by atoms with Crippen molar-refractivity contribution in [1.29, 1.82) is 0 Å². The van der Waals surface area contributed by atoms with Crippen molar-refractivity contribution in [2.75, 3.05) is 0 Å². The number of nitro groups is 1. The number of aliphatic hydroxyl groups excluding tert-OH is 1. The van der Waals surface area contributed by atoms with Crippen LogP contribution in [0.2, 0.25) is 0 Å². The van der Waals surface area contributed by atoms with Gasteiger partial charge in [-0.15, -0.1) is 0 Å². The summed E-state index contributed by atoms with van der Waals surface area (Å²) in [5.74, 6) is 0.756. The Labute approximate surface area is 117 Å². The van der Waals surface area contributed by atoms with Gasteiger partial charge in [-0.25, -0.2) is 4.63 Å². The minimum atomic E-state index is -0.567. The second-order valence-electron chi connectivity index (χ2n) is 4.21. The quantitative estimate of drug-likeness (QED) is 0.579. The van der Waals surface area contributed by atoms with Gasteiger partial charge in [0.25, 0.3) is 0 Å². The molecule has 0 aliphatic rings. The molecule has 2 aromatic carbocycles. The van der Waals surface area contributed by atoms with Gasteiger partial charge < -0.3 is 9.84 Å². The van der Waals surface area contributed by atoms with Gasteiger partial charge in [0.1, 0.15) is 5.75 Å². The van der Waals surface area contributed by atoms with Crippen LogP contribution in [0.5, 0.6) is 11.5 Å². The number of nitrogens with zero attached hydrogens (tertiary/aromatic N) is 3. The second-order valence-corrected chi connectivity index (χ2v) is 4.21.